The molecule has 3 rings (SSSR count). The third-order valence-corrected chi connectivity index (χ3v) is 3.97. The summed E-state index contributed by atoms with van der Waals surface area (Å²) < 4.78 is 10.1. The number of hydrogen-bond acceptors (Lipinski definition) is 5. The van der Waals surface area contributed by atoms with E-state index in [0.29, 0.717) is 18.0 Å². The molecule has 0 atom stereocenters. The number of carbonyl (C=O) groups is 2. The molecular formula is C19H19N3O4. The van der Waals surface area contributed by atoms with Crippen molar-refractivity contribution in [3.63, 3.8) is 0 Å². The quantitative estimate of drug-likeness (QED) is 0.710. The smallest absolute Gasteiger partial charge is 0.291 e. The first kappa shape index (κ1) is 17.5. The lowest BCUT2D eigenvalue weighted by Crippen LogP contribution is -2.24. The van der Waals surface area contributed by atoms with Gasteiger partial charge in [0, 0.05) is 17.8 Å². The van der Waals surface area contributed by atoms with E-state index in [4.69, 9.17) is 8.94 Å². The summed E-state index contributed by atoms with van der Waals surface area (Å²) in [5, 5.41) is 9.45. The lowest BCUT2D eigenvalue weighted by Gasteiger charge is -2.07. The fourth-order valence-electron chi connectivity index (χ4n) is 2.48. The third kappa shape index (κ3) is 4.18. The Balaban J connectivity index is 1.51. The summed E-state index contributed by atoms with van der Waals surface area (Å²) in [5.74, 6) is 0.500. The maximum atomic E-state index is 12.1. The molecule has 0 saturated carbocycles. The highest BCUT2D eigenvalue weighted by Crippen LogP contribution is 2.14. The summed E-state index contributed by atoms with van der Waals surface area (Å²) in [7, 11) is 0. The maximum absolute atomic E-state index is 12.1. The van der Waals surface area contributed by atoms with Gasteiger partial charge in [-0.3, -0.25) is 9.59 Å². The Hall–Kier alpha value is -3.35. The molecule has 0 radical (unpaired) electrons. The predicted octanol–water partition coefficient (Wildman–Crippen LogP) is 3.00. The van der Waals surface area contributed by atoms with Crippen LogP contribution in [0.2, 0.25) is 0 Å². The maximum Gasteiger partial charge on any atom is 0.291 e. The SMILES string of the molecule is Cc1noc(C)c1CC(=O)NCc1ccc(NC(=O)c2ccco2)cc1. The topological polar surface area (TPSA) is 97.4 Å². The number of aromatic nitrogens is 1. The number of benzene rings is 1. The first-order valence-corrected chi connectivity index (χ1v) is 8.15. The first-order chi connectivity index (χ1) is 12.5. The molecule has 2 N–H and O–H groups in total. The van der Waals surface area contributed by atoms with E-state index in [-0.39, 0.29) is 24.0 Å². The highest BCUT2D eigenvalue weighted by Gasteiger charge is 2.13. The molecule has 7 nitrogen and oxygen atoms in total. The van der Waals surface area contributed by atoms with Gasteiger partial charge in [-0.15, -0.1) is 0 Å². The van der Waals surface area contributed by atoms with Crippen molar-refractivity contribution in [1.29, 1.82) is 0 Å². The molecule has 3 aromatic rings. The van der Waals surface area contributed by atoms with E-state index in [9.17, 15) is 9.59 Å². The van der Waals surface area contributed by atoms with Crippen LogP contribution in [0.15, 0.2) is 51.6 Å². The van der Waals surface area contributed by atoms with Crippen molar-refractivity contribution in [2.24, 2.45) is 0 Å². The van der Waals surface area contributed by atoms with Gasteiger partial charge in [0.05, 0.1) is 18.4 Å². The van der Waals surface area contributed by atoms with E-state index in [2.05, 4.69) is 15.8 Å². The van der Waals surface area contributed by atoms with Crippen LogP contribution in [0.5, 0.6) is 0 Å². The van der Waals surface area contributed by atoms with E-state index in [1.165, 1.54) is 6.26 Å². The van der Waals surface area contributed by atoms with Crippen molar-refractivity contribution < 1.29 is 18.5 Å². The molecule has 1 aromatic carbocycles. The van der Waals surface area contributed by atoms with Crippen molar-refractivity contribution >= 4 is 17.5 Å². The highest BCUT2D eigenvalue weighted by atomic mass is 16.5. The summed E-state index contributed by atoms with van der Waals surface area (Å²) in [5.41, 5.74) is 3.12. The van der Waals surface area contributed by atoms with Gasteiger partial charge in [0.15, 0.2) is 5.76 Å². The Labute approximate surface area is 150 Å². The molecule has 0 aliphatic heterocycles. The standard InChI is InChI=1S/C19H19N3O4/c1-12-16(13(2)26-22-12)10-18(23)20-11-14-5-7-15(8-6-14)21-19(24)17-4-3-9-25-17/h3-9H,10-11H2,1-2H3,(H,20,23)(H,21,24). The summed E-state index contributed by atoms with van der Waals surface area (Å²) >= 11 is 0. The number of anilines is 1. The number of nitrogens with zero attached hydrogens (tertiary/aromatic N) is 1. The molecule has 0 fully saturated rings. The Morgan fingerprint density at radius 3 is 2.50 bits per heavy atom. The van der Waals surface area contributed by atoms with E-state index >= 15 is 0 Å². The van der Waals surface area contributed by atoms with Crippen LogP contribution >= 0.6 is 0 Å². The summed E-state index contributed by atoms with van der Waals surface area (Å²) in [6.45, 7) is 4.00. The summed E-state index contributed by atoms with van der Waals surface area (Å²) in [6, 6.07) is 10.5. The molecule has 0 aliphatic rings. The molecule has 2 amide bonds. The molecule has 0 spiro atoms. The Kier molecular flexibility index (Phi) is 5.17. The van der Waals surface area contributed by atoms with Gasteiger partial charge in [-0.1, -0.05) is 17.3 Å². The lowest BCUT2D eigenvalue weighted by atomic mass is 10.1. The fourth-order valence-corrected chi connectivity index (χ4v) is 2.48. The van der Waals surface area contributed by atoms with Gasteiger partial charge in [-0.05, 0) is 43.7 Å². The minimum Gasteiger partial charge on any atom is -0.459 e. The minimum absolute atomic E-state index is 0.102. The molecule has 7 heteroatoms. The molecule has 0 aliphatic carbocycles. The number of carbonyl (C=O) groups excluding carboxylic acids is 2. The number of aryl methyl sites for hydroxylation is 2. The van der Waals surface area contributed by atoms with Gasteiger partial charge in [-0.2, -0.15) is 0 Å². The Bertz CT molecular complexity index is 876. The molecule has 2 aromatic heterocycles. The molecule has 2 heterocycles. The van der Waals surface area contributed by atoms with Gasteiger partial charge >= 0.3 is 0 Å². The van der Waals surface area contributed by atoms with Crippen LogP contribution in [0, 0.1) is 13.8 Å². The molecule has 26 heavy (non-hydrogen) atoms. The van der Waals surface area contributed by atoms with Crippen LogP contribution in [0.3, 0.4) is 0 Å². The van der Waals surface area contributed by atoms with Gasteiger partial charge in [0.2, 0.25) is 5.91 Å². The third-order valence-electron chi connectivity index (χ3n) is 3.97. The number of amides is 2. The predicted molar refractivity (Wildman–Crippen MR) is 94.6 cm³/mol. The second-order valence-corrected chi connectivity index (χ2v) is 5.88. The van der Waals surface area contributed by atoms with Crippen molar-refractivity contribution in [3.8, 4) is 0 Å². The average molecular weight is 353 g/mol. The number of hydrogen-bond donors (Lipinski definition) is 2. The molecule has 134 valence electrons. The number of furan rings is 1. The number of rotatable bonds is 6. The van der Waals surface area contributed by atoms with Crippen molar-refractivity contribution in [1.82, 2.24) is 10.5 Å². The van der Waals surface area contributed by atoms with Crippen molar-refractivity contribution in [2.75, 3.05) is 5.32 Å². The summed E-state index contributed by atoms with van der Waals surface area (Å²) in [4.78, 5) is 24.0. The second-order valence-electron chi connectivity index (χ2n) is 5.88. The Morgan fingerprint density at radius 1 is 1.12 bits per heavy atom. The van der Waals surface area contributed by atoms with Crippen LogP contribution in [-0.2, 0) is 17.8 Å². The van der Waals surface area contributed by atoms with Crippen molar-refractivity contribution in [3.05, 3.63) is 71.0 Å². The minimum atomic E-state index is -0.310. The van der Waals surface area contributed by atoms with E-state index in [0.717, 1.165) is 16.8 Å². The number of nitrogens with one attached hydrogen (secondary N) is 2. The highest BCUT2D eigenvalue weighted by molar-refractivity contribution is 6.02. The van der Waals surface area contributed by atoms with Crippen LogP contribution < -0.4 is 10.6 Å². The zero-order valence-electron chi connectivity index (χ0n) is 14.5. The largest absolute Gasteiger partial charge is 0.459 e. The van der Waals surface area contributed by atoms with Gasteiger partial charge in [0.1, 0.15) is 5.76 Å². The van der Waals surface area contributed by atoms with E-state index in [1.54, 1.807) is 31.2 Å². The second kappa shape index (κ2) is 7.69. The zero-order chi connectivity index (χ0) is 18.5. The van der Waals surface area contributed by atoms with Gasteiger partial charge < -0.3 is 19.6 Å². The zero-order valence-corrected chi connectivity index (χ0v) is 14.5. The lowest BCUT2D eigenvalue weighted by molar-refractivity contribution is -0.120. The van der Waals surface area contributed by atoms with E-state index < -0.39 is 0 Å². The van der Waals surface area contributed by atoms with Crippen LogP contribution in [0.25, 0.3) is 0 Å². The van der Waals surface area contributed by atoms with Gasteiger partial charge in [-0.25, -0.2) is 0 Å². The monoisotopic (exact) mass is 353 g/mol. The van der Waals surface area contributed by atoms with Crippen LogP contribution in [0.1, 0.15) is 33.1 Å². The molecular weight excluding hydrogens is 334 g/mol. The van der Waals surface area contributed by atoms with Crippen LogP contribution in [0.4, 0.5) is 5.69 Å². The van der Waals surface area contributed by atoms with Crippen molar-refractivity contribution in [2.45, 2.75) is 26.8 Å². The first-order valence-electron chi connectivity index (χ1n) is 8.15. The fraction of sp³-hybridized carbons (Fsp3) is 0.211. The Morgan fingerprint density at radius 2 is 1.88 bits per heavy atom. The normalized spacial score (nSPS) is 10.5. The van der Waals surface area contributed by atoms with E-state index in [1.807, 2.05) is 19.1 Å². The van der Waals surface area contributed by atoms with Gasteiger partial charge in [0.25, 0.3) is 5.91 Å². The summed E-state index contributed by atoms with van der Waals surface area (Å²) in [6.07, 6.45) is 1.68. The molecule has 0 bridgehead atoms. The average Bonchev–Trinajstić information content (AvgIpc) is 3.27. The molecule has 0 unspecified atom stereocenters. The van der Waals surface area contributed by atoms with Crippen LogP contribution in [-0.4, -0.2) is 17.0 Å². The molecule has 0 saturated heterocycles.